The summed E-state index contributed by atoms with van der Waals surface area (Å²) < 4.78 is 0. The van der Waals surface area contributed by atoms with Crippen LogP contribution in [-0.2, 0) is 0 Å². The molecule has 0 heteroatoms. The topological polar surface area (TPSA) is 0 Å². The van der Waals surface area contributed by atoms with Crippen molar-refractivity contribution in [2.75, 3.05) is 0 Å². The van der Waals surface area contributed by atoms with Crippen molar-refractivity contribution >= 4 is 0 Å². The number of hydrogen-bond donors (Lipinski definition) is 0. The summed E-state index contributed by atoms with van der Waals surface area (Å²) in [4.78, 5) is 0. The van der Waals surface area contributed by atoms with Gasteiger partial charge >= 0.3 is 0 Å². The van der Waals surface area contributed by atoms with E-state index in [-0.39, 0.29) is 0 Å². The predicted octanol–water partition coefficient (Wildman–Crippen LogP) is 6.48. The molecule has 36 spiro atoms. The van der Waals surface area contributed by atoms with Gasteiger partial charge in [0.2, 0.25) is 0 Å². The molecule has 368 valence electrons. The Morgan fingerprint density at radius 2 is 0.200 bits per heavy atom. The minimum absolute atomic E-state index is 1.10. The molecule has 80 heavy (non-hydrogen) atoms. The van der Waals surface area contributed by atoms with E-state index in [1.165, 1.54) is 237 Å². The fourth-order valence-electron chi connectivity index (χ4n) is 88.1. The second kappa shape index (κ2) is 4.16. The van der Waals surface area contributed by atoms with Gasteiger partial charge in [0.1, 0.15) is 0 Å². The van der Waals surface area contributed by atoms with Crippen LogP contribution >= 0.6 is 0 Å². The Labute approximate surface area is 454 Å². The Morgan fingerprint density at radius 3 is 0.325 bits per heavy atom. The highest BCUT2D eigenvalue weighted by molar-refractivity contribution is 6.09. The molecule has 0 aromatic heterocycles. The van der Waals surface area contributed by atoms with Crippen molar-refractivity contribution < 1.29 is 0 Å². The summed E-state index contributed by atoms with van der Waals surface area (Å²) in [5, 5.41) is 0. The van der Waals surface area contributed by atoms with E-state index in [2.05, 4.69) is 0 Å². The van der Waals surface area contributed by atoms with Gasteiger partial charge in [0.15, 0.2) is 0 Å². The Balaban J connectivity index is 0.529. The average molecular weight is 1010 g/mol. The number of rotatable bonds is 0. The van der Waals surface area contributed by atoms with Crippen molar-refractivity contribution in [2.24, 2.45) is 432 Å². The quantitative estimate of drug-likeness (QED) is 0.261. The van der Waals surface area contributed by atoms with Gasteiger partial charge in [0, 0.05) is 0 Å². The van der Waals surface area contributed by atoms with Crippen LogP contribution in [0.2, 0.25) is 0 Å². The van der Waals surface area contributed by atoms with Crippen LogP contribution in [0.25, 0.3) is 0 Å². The maximum absolute atomic E-state index is 1.84. The largest absolute Gasteiger partial charge is 0.0458 e. The van der Waals surface area contributed by atoms with Gasteiger partial charge in [-0.3, -0.25) is 0 Å². The van der Waals surface area contributed by atoms with Crippen molar-refractivity contribution in [1.29, 1.82) is 0 Å². The van der Waals surface area contributed by atoms with Crippen LogP contribution in [-0.4, -0.2) is 0 Å². The molecule has 72 atom stereocenters. The zero-order valence-corrected chi connectivity index (χ0v) is 43.9. The average Bonchev–Trinajstić information content (AvgIpc) is 0.443. The summed E-state index contributed by atoms with van der Waals surface area (Å²) in [5.41, 5.74) is 40.4. The summed E-state index contributed by atoms with van der Waals surface area (Å²) in [7, 11) is 0. The highest BCUT2D eigenvalue weighted by Gasteiger charge is 3.65. The van der Waals surface area contributed by atoms with Gasteiger partial charge in [-0.15, -0.1) is 0 Å². The lowest BCUT2D eigenvalue weighted by Gasteiger charge is -3.60. The smallest absolute Gasteiger partial charge is 0.00502 e. The highest BCUT2D eigenvalue weighted by atomic mass is 15.7. The first kappa shape index (κ1) is 27.0. The van der Waals surface area contributed by atoms with Crippen molar-refractivity contribution in [3.05, 3.63) is 0 Å². The van der Waals surface area contributed by atoms with Crippen LogP contribution in [0.4, 0.5) is 0 Å². The van der Waals surface area contributed by atoms with E-state index >= 15 is 0 Å². The van der Waals surface area contributed by atoms with Crippen molar-refractivity contribution in [3.63, 3.8) is 0 Å². The normalized spacial score (nSPS) is 142. The standard InChI is InChI=1S/C80H48/c1-5-6-2-10-14-18-22-26-30-34-38-43-44-40-36-32-28-24-20-16-12-4-8-7-3-11-15-19-23-27-31-35-39-42-41-37-33-29-25-21-17-13-9(1)45(5)46(6,10)50(14)49(13,45)53(17)54(18,50)58(22)57(21,53)61(25)62(26,58)66(30)65(29,61)69(33)70(34,66)74(38)73(37,69)77(41)78(42)75(39)71(35)67(31)63(27)59(23)55(19)51(15)47(7,11)48(8,12)52(16,51)56(20,55)60(24,59)64(28,63)68(32,67)72(36,71)76(40,75)80(44,78)79(43,74)77/h5-44H,1-4H2. The molecule has 0 amide bonds. The van der Waals surface area contributed by atoms with E-state index in [1.54, 1.807) is 0 Å². The van der Waals surface area contributed by atoms with E-state index in [1.807, 2.05) is 25.7 Å². The molecule has 57 saturated carbocycles. The van der Waals surface area contributed by atoms with E-state index < -0.39 is 0 Å². The second-order valence-corrected chi connectivity index (χ2v) is 52.0. The fraction of sp³-hybridized carbons (Fsp3) is 1.00. The van der Waals surface area contributed by atoms with Gasteiger partial charge < -0.3 is 0 Å². The lowest BCUT2D eigenvalue weighted by molar-refractivity contribution is -1.16. The van der Waals surface area contributed by atoms with Crippen LogP contribution in [0.1, 0.15) is 25.7 Å². The molecule has 0 bridgehead atoms. The molecule has 0 heterocycles. The number of fused-ring (bicyclic) bond motifs is 36. The van der Waals surface area contributed by atoms with E-state index in [0.717, 1.165) is 195 Å². The minimum Gasteiger partial charge on any atom is -0.0458 e. The van der Waals surface area contributed by atoms with Crippen LogP contribution in [0, 0.1) is 432 Å². The minimum atomic E-state index is 1.10. The third-order valence-electron chi connectivity index (χ3n) is 69.6. The Morgan fingerprint density at radius 1 is 0.100 bits per heavy atom. The van der Waals surface area contributed by atoms with Gasteiger partial charge in [-0.2, -0.15) is 0 Å². The SMILES string of the molecule is C1C2C3CC4C5C6C7C8C9C%10C%11C%12C%13C%14C%15C%16C%17C%18C%19C%20C%21CC%22C%23CC%24C%25C%26C%27C%28C%29C%30C%31C%32C%33C%34C%35C%36C%37C%38C%39C%40C1C21C34C52C%401C%391C62C72C%381C%371C82C92C%361C%351C%102C%112C%341C%331C%323C%314C%305C%296C%287C%278C%269C%25%10C%23%24C%22%21C%20%10C%199C%188C%177C%166C%155C%144C%133C%1221. The first-order valence-electron chi connectivity index (χ1n) is 39.8. The Kier molecular flexibility index (Phi) is 1.40. The molecule has 0 N–H and O–H groups in total. The van der Waals surface area contributed by atoms with Gasteiger partial charge in [-0.05, 0) is 457 Å². The van der Waals surface area contributed by atoms with Gasteiger partial charge in [-0.25, -0.2) is 0 Å². The van der Waals surface area contributed by atoms with Crippen LogP contribution in [0.5, 0.6) is 0 Å². The third-order valence-corrected chi connectivity index (χ3v) is 69.6. The van der Waals surface area contributed by atoms with Crippen molar-refractivity contribution in [1.82, 2.24) is 0 Å². The zero-order valence-electron chi connectivity index (χ0n) is 43.9. The van der Waals surface area contributed by atoms with E-state index in [0.29, 0.717) is 0 Å². The maximum atomic E-state index is 1.84. The molecular formula is C80H48. The van der Waals surface area contributed by atoms with Gasteiger partial charge in [-0.1, -0.05) is 0 Å². The molecule has 57 fully saturated rings. The predicted molar refractivity (Wildman–Crippen MR) is 246 cm³/mol. The molecule has 0 nitrogen and oxygen atoms in total. The number of hydrogen-bond acceptors (Lipinski definition) is 0. The molecule has 0 aliphatic heterocycles. The molecular weight excluding hydrogens is 961 g/mol. The molecule has 57 rings (SSSR count). The molecule has 57 aliphatic carbocycles. The third kappa shape index (κ3) is 0.614. The molecule has 0 aromatic carbocycles. The van der Waals surface area contributed by atoms with Crippen molar-refractivity contribution in [2.45, 2.75) is 25.7 Å². The van der Waals surface area contributed by atoms with Crippen molar-refractivity contribution in [3.8, 4) is 0 Å². The Bertz CT molecular complexity index is 5020. The lowest BCUT2D eigenvalue weighted by atomic mass is 8.42. The van der Waals surface area contributed by atoms with E-state index in [9.17, 15) is 0 Å². The summed E-state index contributed by atoms with van der Waals surface area (Å²) in [6.45, 7) is 0. The molecule has 0 radical (unpaired) electrons. The first-order chi connectivity index (χ1) is 39.8. The monoisotopic (exact) mass is 1010 g/mol. The Hall–Kier alpha value is 0. The summed E-state index contributed by atoms with van der Waals surface area (Å²) in [6.07, 6.45) is 7.34. The molecule has 0 aromatic rings. The molecule has 72 unspecified atom stereocenters. The zero-order chi connectivity index (χ0) is 43.9. The van der Waals surface area contributed by atoms with Crippen LogP contribution in [0.15, 0.2) is 0 Å². The maximum Gasteiger partial charge on any atom is -0.00502 e. The molecule has 57 aliphatic rings. The van der Waals surface area contributed by atoms with Crippen LogP contribution < -0.4 is 0 Å². The summed E-state index contributed by atoms with van der Waals surface area (Å²) in [6, 6.07) is 0. The second-order valence-electron chi connectivity index (χ2n) is 52.0. The highest BCUT2D eigenvalue weighted by Crippen LogP contribution is 3.66. The summed E-state index contributed by atoms with van der Waals surface area (Å²) in [5.74, 6) is 56.6. The fourth-order valence-corrected chi connectivity index (χ4v) is 88.1. The van der Waals surface area contributed by atoms with Gasteiger partial charge in [0.25, 0.3) is 0 Å². The lowest BCUT2D eigenvalue weighted by Crippen LogP contribution is -3.59. The first-order valence-corrected chi connectivity index (χ1v) is 39.8. The van der Waals surface area contributed by atoms with Gasteiger partial charge in [0.05, 0.1) is 0 Å². The van der Waals surface area contributed by atoms with Crippen LogP contribution in [0.3, 0.4) is 0 Å². The molecule has 0 saturated heterocycles. The summed E-state index contributed by atoms with van der Waals surface area (Å²) >= 11 is 0. The van der Waals surface area contributed by atoms with E-state index in [4.69, 9.17) is 0 Å².